The summed E-state index contributed by atoms with van der Waals surface area (Å²) >= 11 is 0. The van der Waals surface area contributed by atoms with Crippen molar-refractivity contribution >= 4 is 5.91 Å². The van der Waals surface area contributed by atoms with Gasteiger partial charge in [0.05, 0.1) is 13.2 Å². The first-order valence-corrected chi connectivity index (χ1v) is 5.43. The lowest BCUT2D eigenvalue weighted by atomic mass is 10.2. The Morgan fingerprint density at radius 2 is 2.24 bits per heavy atom. The van der Waals surface area contributed by atoms with Gasteiger partial charge in [0, 0.05) is 13.7 Å². The van der Waals surface area contributed by atoms with Gasteiger partial charge in [-0.15, -0.1) is 0 Å². The summed E-state index contributed by atoms with van der Waals surface area (Å²) < 4.78 is 10.3. The van der Waals surface area contributed by atoms with Gasteiger partial charge in [-0.2, -0.15) is 0 Å². The van der Waals surface area contributed by atoms with E-state index >= 15 is 0 Å². The highest BCUT2D eigenvalue weighted by Gasteiger charge is 1.99. The van der Waals surface area contributed by atoms with Gasteiger partial charge in [0.25, 0.3) is 0 Å². The summed E-state index contributed by atoms with van der Waals surface area (Å²) in [5.41, 5.74) is 6.17. The van der Waals surface area contributed by atoms with Crippen LogP contribution in [0.25, 0.3) is 0 Å². The van der Waals surface area contributed by atoms with Crippen LogP contribution in [0.15, 0.2) is 24.3 Å². The van der Waals surface area contributed by atoms with Gasteiger partial charge in [-0.25, -0.2) is 0 Å². The predicted octanol–water partition coefficient (Wildman–Crippen LogP) is 0.287. The first-order valence-electron chi connectivity index (χ1n) is 5.43. The maximum atomic E-state index is 11.0. The van der Waals surface area contributed by atoms with E-state index in [2.05, 4.69) is 5.32 Å². The van der Waals surface area contributed by atoms with Crippen LogP contribution >= 0.6 is 0 Å². The van der Waals surface area contributed by atoms with Crippen molar-refractivity contribution in [2.24, 2.45) is 5.73 Å². The molecule has 0 unspecified atom stereocenters. The fraction of sp³-hybridized carbons (Fsp3) is 0.417. The highest BCUT2D eigenvalue weighted by atomic mass is 16.5. The van der Waals surface area contributed by atoms with Crippen LogP contribution in [-0.2, 0) is 16.1 Å². The van der Waals surface area contributed by atoms with Crippen LogP contribution in [0.2, 0.25) is 0 Å². The third-order valence-electron chi connectivity index (χ3n) is 2.13. The Labute approximate surface area is 101 Å². The van der Waals surface area contributed by atoms with Crippen molar-refractivity contribution in [1.29, 1.82) is 0 Å². The second kappa shape index (κ2) is 7.65. The lowest BCUT2D eigenvalue weighted by Gasteiger charge is -2.08. The van der Waals surface area contributed by atoms with E-state index in [0.29, 0.717) is 19.8 Å². The Bertz CT molecular complexity index is 355. The number of nitrogens with two attached hydrogens (primary N) is 1. The molecular weight excluding hydrogens is 220 g/mol. The molecule has 5 heteroatoms. The summed E-state index contributed by atoms with van der Waals surface area (Å²) in [7, 11) is 1.63. The summed E-state index contributed by atoms with van der Waals surface area (Å²) in [5, 5.41) is 2.70. The normalized spacial score (nSPS) is 10.0. The van der Waals surface area contributed by atoms with E-state index in [1.807, 2.05) is 24.3 Å². The average Bonchev–Trinajstić information content (AvgIpc) is 2.37. The van der Waals surface area contributed by atoms with Crippen molar-refractivity contribution in [1.82, 2.24) is 5.32 Å². The first-order chi connectivity index (χ1) is 8.26. The molecule has 0 fully saturated rings. The van der Waals surface area contributed by atoms with Crippen molar-refractivity contribution in [2.75, 3.05) is 26.9 Å². The minimum atomic E-state index is -0.171. The number of benzene rings is 1. The number of amides is 1. The van der Waals surface area contributed by atoms with Crippen molar-refractivity contribution in [2.45, 2.75) is 6.54 Å². The quantitative estimate of drug-likeness (QED) is 0.669. The Morgan fingerprint density at radius 3 is 2.94 bits per heavy atom. The molecule has 1 aromatic rings. The molecule has 0 aliphatic heterocycles. The lowest BCUT2D eigenvalue weighted by Crippen LogP contribution is -2.29. The van der Waals surface area contributed by atoms with Crippen molar-refractivity contribution < 1.29 is 14.3 Å². The fourth-order valence-corrected chi connectivity index (χ4v) is 1.26. The Kier molecular flexibility index (Phi) is 6.06. The molecule has 3 N–H and O–H groups in total. The van der Waals surface area contributed by atoms with Crippen LogP contribution in [0.4, 0.5) is 0 Å². The number of carbonyl (C=O) groups excluding carboxylic acids is 1. The number of rotatable bonds is 7. The molecule has 0 aromatic heterocycles. The number of hydrogen-bond acceptors (Lipinski definition) is 4. The van der Waals surface area contributed by atoms with E-state index in [-0.39, 0.29) is 12.5 Å². The number of hydrogen-bond donors (Lipinski definition) is 2. The minimum Gasteiger partial charge on any atom is -0.491 e. The highest BCUT2D eigenvalue weighted by molar-refractivity contribution is 5.77. The summed E-state index contributed by atoms with van der Waals surface area (Å²) in [6, 6.07) is 7.54. The van der Waals surface area contributed by atoms with E-state index in [0.717, 1.165) is 11.3 Å². The third-order valence-corrected chi connectivity index (χ3v) is 2.13. The third kappa shape index (κ3) is 5.33. The molecule has 0 atom stereocenters. The molecule has 0 aliphatic rings. The van der Waals surface area contributed by atoms with Crippen LogP contribution in [0.5, 0.6) is 5.75 Å². The van der Waals surface area contributed by atoms with Gasteiger partial charge in [0.1, 0.15) is 12.4 Å². The van der Waals surface area contributed by atoms with Crippen molar-refractivity contribution in [3.05, 3.63) is 29.8 Å². The molecule has 1 amide bonds. The molecule has 17 heavy (non-hydrogen) atoms. The molecule has 0 radical (unpaired) electrons. The van der Waals surface area contributed by atoms with Gasteiger partial charge < -0.3 is 20.5 Å². The van der Waals surface area contributed by atoms with Crippen LogP contribution in [0.3, 0.4) is 0 Å². The maximum Gasteiger partial charge on any atom is 0.234 e. The van der Waals surface area contributed by atoms with E-state index in [4.69, 9.17) is 15.2 Å². The zero-order chi connectivity index (χ0) is 12.5. The zero-order valence-corrected chi connectivity index (χ0v) is 9.94. The van der Waals surface area contributed by atoms with Gasteiger partial charge >= 0.3 is 0 Å². The van der Waals surface area contributed by atoms with E-state index in [9.17, 15) is 4.79 Å². The monoisotopic (exact) mass is 238 g/mol. The fourth-order valence-electron chi connectivity index (χ4n) is 1.26. The Balaban J connectivity index is 2.44. The molecule has 0 spiro atoms. The topological polar surface area (TPSA) is 73.6 Å². The van der Waals surface area contributed by atoms with Gasteiger partial charge in [0.2, 0.25) is 5.91 Å². The first kappa shape index (κ1) is 13.5. The van der Waals surface area contributed by atoms with Crippen molar-refractivity contribution in [3.8, 4) is 5.75 Å². The van der Waals surface area contributed by atoms with Crippen molar-refractivity contribution in [3.63, 3.8) is 0 Å². The van der Waals surface area contributed by atoms with E-state index < -0.39 is 0 Å². The van der Waals surface area contributed by atoms with Gasteiger partial charge in [-0.3, -0.25) is 4.79 Å². The smallest absolute Gasteiger partial charge is 0.234 e. The molecule has 0 bridgehead atoms. The summed E-state index contributed by atoms with van der Waals surface area (Å²) in [6.07, 6.45) is 0. The summed E-state index contributed by atoms with van der Waals surface area (Å²) in [6.45, 7) is 1.52. The zero-order valence-electron chi connectivity index (χ0n) is 9.94. The average molecular weight is 238 g/mol. The molecule has 1 rings (SSSR count). The van der Waals surface area contributed by atoms with E-state index in [1.54, 1.807) is 7.11 Å². The van der Waals surface area contributed by atoms with E-state index in [1.165, 1.54) is 0 Å². The molecule has 0 saturated heterocycles. The molecule has 0 aliphatic carbocycles. The highest BCUT2D eigenvalue weighted by Crippen LogP contribution is 2.12. The number of methoxy groups -OCH3 is 1. The second-order valence-corrected chi connectivity index (χ2v) is 3.47. The molecule has 1 aromatic carbocycles. The minimum absolute atomic E-state index is 0.00400. The van der Waals surface area contributed by atoms with Gasteiger partial charge in [-0.1, -0.05) is 12.1 Å². The van der Waals surface area contributed by atoms with Crippen LogP contribution in [-0.4, -0.2) is 32.8 Å². The summed E-state index contributed by atoms with van der Waals surface area (Å²) in [4.78, 5) is 11.0. The Morgan fingerprint density at radius 1 is 1.41 bits per heavy atom. The number of carbonyl (C=O) groups is 1. The lowest BCUT2D eigenvalue weighted by molar-refractivity contribution is -0.119. The predicted molar refractivity (Wildman–Crippen MR) is 64.7 cm³/mol. The largest absolute Gasteiger partial charge is 0.491 e. The van der Waals surface area contributed by atoms with Crippen LogP contribution in [0.1, 0.15) is 5.56 Å². The standard InChI is InChI=1S/C12H18N2O3/c1-16-5-6-17-11-4-2-3-10(7-11)9-14-12(15)8-13/h2-4,7H,5-6,8-9,13H2,1H3,(H,14,15). The van der Waals surface area contributed by atoms with Gasteiger partial charge in [0.15, 0.2) is 0 Å². The molecule has 5 nitrogen and oxygen atoms in total. The molecular formula is C12H18N2O3. The summed E-state index contributed by atoms with van der Waals surface area (Å²) in [5.74, 6) is 0.595. The second-order valence-electron chi connectivity index (χ2n) is 3.47. The maximum absolute atomic E-state index is 11.0. The van der Waals surface area contributed by atoms with Gasteiger partial charge in [-0.05, 0) is 17.7 Å². The number of nitrogens with one attached hydrogen (secondary N) is 1. The number of ether oxygens (including phenoxy) is 2. The van der Waals surface area contributed by atoms with Crippen LogP contribution in [0, 0.1) is 0 Å². The van der Waals surface area contributed by atoms with Crippen LogP contribution < -0.4 is 15.8 Å². The molecule has 94 valence electrons. The Hall–Kier alpha value is -1.59. The molecule has 0 heterocycles. The SMILES string of the molecule is COCCOc1cccc(CNC(=O)CN)c1. The molecule has 0 saturated carbocycles.